The largest absolute Gasteiger partial charge is 0.497 e. The molecule has 1 fully saturated rings. The van der Waals surface area contributed by atoms with Crippen LogP contribution in [0.3, 0.4) is 0 Å². The van der Waals surface area contributed by atoms with E-state index in [1.54, 1.807) is 7.11 Å². The first-order valence-corrected chi connectivity index (χ1v) is 6.57. The third-order valence-corrected chi connectivity index (χ3v) is 3.97. The highest BCUT2D eigenvalue weighted by Crippen LogP contribution is 2.48. The third kappa shape index (κ3) is 2.73. The van der Waals surface area contributed by atoms with Crippen molar-refractivity contribution in [1.29, 1.82) is 0 Å². The fourth-order valence-electron chi connectivity index (χ4n) is 2.69. The van der Waals surface area contributed by atoms with Crippen molar-refractivity contribution in [1.82, 2.24) is 0 Å². The summed E-state index contributed by atoms with van der Waals surface area (Å²) in [6, 6.07) is 7.77. The van der Waals surface area contributed by atoms with Crippen molar-refractivity contribution in [3.8, 4) is 5.75 Å². The Morgan fingerprint density at radius 1 is 1.42 bits per heavy atom. The molecule has 0 amide bonds. The Balaban J connectivity index is 2.26. The van der Waals surface area contributed by atoms with Crippen molar-refractivity contribution in [3.05, 3.63) is 29.8 Å². The average molecular weight is 263 g/mol. The predicted molar refractivity (Wildman–Crippen MR) is 72.9 cm³/mol. The Morgan fingerprint density at radius 2 is 2.16 bits per heavy atom. The van der Waals surface area contributed by atoms with E-state index in [1.165, 1.54) is 7.11 Å². The van der Waals surface area contributed by atoms with E-state index < -0.39 is 5.41 Å². The maximum atomic E-state index is 12.2. The van der Waals surface area contributed by atoms with Gasteiger partial charge in [-0.15, -0.1) is 0 Å². The Morgan fingerprint density at radius 3 is 2.68 bits per heavy atom. The Bertz CT molecular complexity index is 456. The van der Waals surface area contributed by atoms with Gasteiger partial charge in [-0.1, -0.05) is 12.1 Å². The topological polar surface area (TPSA) is 61.5 Å². The number of ether oxygens (including phenoxy) is 2. The van der Waals surface area contributed by atoms with Gasteiger partial charge < -0.3 is 15.2 Å². The third-order valence-electron chi connectivity index (χ3n) is 3.97. The summed E-state index contributed by atoms with van der Waals surface area (Å²) in [4.78, 5) is 12.2. The van der Waals surface area contributed by atoms with Crippen LogP contribution in [0.15, 0.2) is 24.3 Å². The molecule has 19 heavy (non-hydrogen) atoms. The van der Waals surface area contributed by atoms with E-state index in [9.17, 15) is 4.79 Å². The van der Waals surface area contributed by atoms with Gasteiger partial charge in [-0.3, -0.25) is 4.79 Å². The molecule has 1 saturated carbocycles. The summed E-state index contributed by atoms with van der Waals surface area (Å²) in [6.07, 6.45) is 2.71. The van der Waals surface area contributed by atoms with Crippen LogP contribution in [0.2, 0.25) is 0 Å². The molecule has 0 bridgehead atoms. The molecule has 1 aliphatic rings. The molecule has 1 atom stereocenters. The lowest BCUT2D eigenvalue weighted by molar-refractivity contribution is -0.153. The molecule has 0 aliphatic heterocycles. The number of esters is 1. The lowest BCUT2D eigenvalue weighted by atomic mass is 9.77. The van der Waals surface area contributed by atoms with Crippen LogP contribution >= 0.6 is 0 Å². The molecule has 1 unspecified atom stereocenters. The van der Waals surface area contributed by atoms with Gasteiger partial charge in [0.15, 0.2) is 0 Å². The lowest BCUT2D eigenvalue weighted by Crippen LogP contribution is -2.43. The van der Waals surface area contributed by atoms with Gasteiger partial charge >= 0.3 is 5.97 Å². The molecule has 0 spiro atoms. The van der Waals surface area contributed by atoms with Crippen molar-refractivity contribution in [2.24, 2.45) is 17.1 Å². The van der Waals surface area contributed by atoms with Gasteiger partial charge in [-0.05, 0) is 42.9 Å². The van der Waals surface area contributed by atoms with E-state index in [1.807, 2.05) is 24.3 Å². The van der Waals surface area contributed by atoms with E-state index in [0.717, 1.165) is 24.2 Å². The summed E-state index contributed by atoms with van der Waals surface area (Å²) in [7, 11) is 3.07. The second-order valence-corrected chi connectivity index (χ2v) is 5.15. The molecule has 2 N–H and O–H groups in total. The standard InChI is InChI=1S/C15H21NO3/c1-18-13-5-3-4-11(8-13)9-15(10-16,12-6-7-12)14(17)19-2/h3-5,8,12H,6-7,9-10,16H2,1-2H3. The molecule has 0 heterocycles. The van der Waals surface area contributed by atoms with E-state index in [4.69, 9.17) is 15.2 Å². The van der Waals surface area contributed by atoms with E-state index >= 15 is 0 Å². The minimum absolute atomic E-state index is 0.194. The molecule has 0 radical (unpaired) electrons. The Hall–Kier alpha value is -1.55. The van der Waals surface area contributed by atoms with E-state index in [-0.39, 0.29) is 5.97 Å². The average Bonchev–Trinajstić information content (AvgIpc) is 3.29. The van der Waals surface area contributed by atoms with Crippen LogP contribution in [0, 0.1) is 11.3 Å². The van der Waals surface area contributed by atoms with Crippen LogP contribution in [0.1, 0.15) is 18.4 Å². The van der Waals surface area contributed by atoms with Crippen molar-refractivity contribution in [2.75, 3.05) is 20.8 Å². The van der Waals surface area contributed by atoms with E-state index in [2.05, 4.69) is 0 Å². The molecule has 104 valence electrons. The number of methoxy groups -OCH3 is 2. The molecule has 0 saturated heterocycles. The highest BCUT2D eigenvalue weighted by Gasteiger charge is 2.50. The van der Waals surface area contributed by atoms with Gasteiger partial charge in [0.1, 0.15) is 5.75 Å². The highest BCUT2D eigenvalue weighted by atomic mass is 16.5. The normalized spacial score (nSPS) is 17.6. The molecular weight excluding hydrogens is 242 g/mol. The second kappa shape index (κ2) is 5.61. The van der Waals surface area contributed by atoms with Crippen LogP contribution in [-0.4, -0.2) is 26.7 Å². The van der Waals surface area contributed by atoms with Crippen molar-refractivity contribution in [2.45, 2.75) is 19.3 Å². The maximum Gasteiger partial charge on any atom is 0.313 e. The van der Waals surface area contributed by atoms with Crippen LogP contribution in [0.4, 0.5) is 0 Å². The van der Waals surface area contributed by atoms with Gasteiger partial charge in [0, 0.05) is 6.54 Å². The fourth-order valence-corrected chi connectivity index (χ4v) is 2.69. The molecule has 2 rings (SSSR count). The molecule has 1 aromatic carbocycles. The monoisotopic (exact) mass is 263 g/mol. The number of carbonyl (C=O) groups excluding carboxylic acids is 1. The van der Waals surface area contributed by atoms with Gasteiger partial charge in [0.05, 0.1) is 19.6 Å². The SMILES string of the molecule is COC(=O)C(CN)(Cc1cccc(OC)c1)C1CC1. The minimum Gasteiger partial charge on any atom is -0.497 e. The molecule has 4 heteroatoms. The van der Waals surface area contributed by atoms with Crippen molar-refractivity contribution in [3.63, 3.8) is 0 Å². The maximum absolute atomic E-state index is 12.2. The number of nitrogens with two attached hydrogens (primary N) is 1. The molecule has 1 aromatic rings. The van der Waals surface area contributed by atoms with Gasteiger partial charge in [0.25, 0.3) is 0 Å². The van der Waals surface area contributed by atoms with Gasteiger partial charge in [0.2, 0.25) is 0 Å². The fraction of sp³-hybridized carbons (Fsp3) is 0.533. The Kier molecular flexibility index (Phi) is 4.10. The molecule has 1 aliphatic carbocycles. The van der Waals surface area contributed by atoms with E-state index in [0.29, 0.717) is 18.9 Å². The van der Waals surface area contributed by atoms with Crippen LogP contribution in [-0.2, 0) is 16.0 Å². The van der Waals surface area contributed by atoms with Gasteiger partial charge in [-0.2, -0.15) is 0 Å². The van der Waals surface area contributed by atoms with Crippen LogP contribution in [0.25, 0.3) is 0 Å². The zero-order valence-electron chi connectivity index (χ0n) is 11.5. The van der Waals surface area contributed by atoms with Crippen molar-refractivity contribution >= 4 is 5.97 Å². The number of rotatable bonds is 6. The Labute approximate surface area is 113 Å². The first kappa shape index (κ1) is 13.9. The zero-order valence-corrected chi connectivity index (χ0v) is 11.5. The molecule has 4 nitrogen and oxygen atoms in total. The summed E-state index contributed by atoms with van der Waals surface area (Å²) < 4.78 is 10.2. The van der Waals surface area contributed by atoms with Gasteiger partial charge in [-0.25, -0.2) is 0 Å². The molecule has 0 aromatic heterocycles. The predicted octanol–water partition coefficient (Wildman–Crippen LogP) is 1.77. The van der Waals surface area contributed by atoms with Crippen LogP contribution in [0.5, 0.6) is 5.75 Å². The zero-order chi connectivity index (χ0) is 13.9. The van der Waals surface area contributed by atoms with Crippen molar-refractivity contribution < 1.29 is 14.3 Å². The summed E-state index contributed by atoms with van der Waals surface area (Å²) >= 11 is 0. The first-order valence-electron chi connectivity index (χ1n) is 6.57. The molecular formula is C15H21NO3. The smallest absolute Gasteiger partial charge is 0.313 e. The summed E-state index contributed by atoms with van der Waals surface area (Å²) in [6.45, 7) is 0.321. The number of hydrogen-bond donors (Lipinski definition) is 1. The quantitative estimate of drug-likeness (QED) is 0.794. The minimum atomic E-state index is -0.582. The number of benzene rings is 1. The summed E-state index contributed by atoms with van der Waals surface area (Å²) in [5.41, 5.74) is 6.39. The lowest BCUT2D eigenvalue weighted by Gasteiger charge is -2.29. The number of carbonyl (C=O) groups is 1. The first-order chi connectivity index (χ1) is 9.16. The second-order valence-electron chi connectivity index (χ2n) is 5.15. The van der Waals surface area contributed by atoms with Crippen LogP contribution < -0.4 is 10.5 Å². The highest BCUT2D eigenvalue weighted by molar-refractivity contribution is 5.78. The summed E-state index contributed by atoms with van der Waals surface area (Å²) in [5, 5.41) is 0. The summed E-state index contributed by atoms with van der Waals surface area (Å²) in [5.74, 6) is 0.945. The number of hydrogen-bond acceptors (Lipinski definition) is 4.